The van der Waals surface area contributed by atoms with E-state index in [0.717, 1.165) is 18.7 Å². The minimum Gasteiger partial charge on any atom is -0.300 e. The lowest BCUT2D eigenvalue weighted by molar-refractivity contribution is -0.123. The number of Topliss-reactive ketones (excluding diaryl/α,β-unsaturated/α-hetero) is 1. The third-order valence-electron chi connectivity index (χ3n) is 5.04. The molecule has 2 unspecified atom stereocenters. The van der Waals surface area contributed by atoms with Gasteiger partial charge in [-0.25, -0.2) is 0 Å². The van der Waals surface area contributed by atoms with Crippen LogP contribution in [-0.4, -0.2) is 29.8 Å². The molecule has 0 bridgehead atoms. The van der Waals surface area contributed by atoms with E-state index in [2.05, 4.69) is 36.1 Å². The number of carbonyl (C=O) groups is 1. The molecule has 1 fully saturated rings. The van der Waals surface area contributed by atoms with Gasteiger partial charge in [0, 0.05) is 42.0 Å². The van der Waals surface area contributed by atoms with Gasteiger partial charge in [-0.1, -0.05) is 66.5 Å². The highest BCUT2D eigenvalue weighted by molar-refractivity contribution is 6.36. The maximum Gasteiger partial charge on any atom is 0.135 e. The van der Waals surface area contributed by atoms with Crippen LogP contribution in [0.15, 0.2) is 48.5 Å². The van der Waals surface area contributed by atoms with Gasteiger partial charge >= 0.3 is 0 Å². The second-order valence-corrected chi connectivity index (χ2v) is 7.67. The van der Waals surface area contributed by atoms with Crippen molar-refractivity contribution in [2.75, 3.05) is 13.1 Å². The molecule has 2 aromatic rings. The second-order valence-electron chi connectivity index (χ2n) is 6.86. The quantitative estimate of drug-likeness (QED) is 0.699. The van der Waals surface area contributed by atoms with Crippen LogP contribution >= 0.6 is 23.2 Å². The highest BCUT2D eigenvalue weighted by atomic mass is 35.5. The molecule has 3 rings (SSSR count). The minimum atomic E-state index is 0.157. The van der Waals surface area contributed by atoms with Gasteiger partial charge in [-0.3, -0.25) is 9.69 Å². The van der Waals surface area contributed by atoms with Crippen molar-refractivity contribution in [3.63, 3.8) is 0 Å². The Morgan fingerprint density at radius 3 is 2.44 bits per heavy atom. The van der Waals surface area contributed by atoms with Crippen LogP contribution in [0.2, 0.25) is 10.0 Å². The molecule has 2 atom stereocenters. The number of likely N-dealkylation sites (tertiary alicyclic amines) is 1. The Morgan fingerprint density at radius 1 is 1.08 bits per heavy atom. The Bertz CT molecular complexity index is 712. The van der Waals surface area contributed by atoms with Gasteiger partial charge in [0.2, 0.25) is 0 Å². The molecule has 0 amide bonds. The smallest absolute Gasteiger partial charge is 0.135 e. The third kappa shape index (κ3) is 4.63. The van der Waals surface area contributed by atoms with Crippen molar-refractivity contribution in [3.05, 3.63) is 69.7 Å². The zero-order valence-electron chi connectivity index (χ0n) is 14.4. The van der Waals surface area contributed by atoms with Crippen LogP contribution in [0, 0.1) is 0 Å². The van der Waals surface area contributed by atoms with Gasteiger partial charge in [-0.05, 0) is 35.6 Å². The number of nitrogens with zero attached hydrogens (tertiary/aromatic N) is 1. The van der Waals surface area contributed by atoms with Gasteiger partial charge < -0.3 is 0 Å². The van der Waals surface area contributed by atoms with E-state index >= 15 is 0 Å². The standard InChI is InChI=1S/C21H23Cl2NO/c1-15(16-6-3-2-4-7-16)14-24-11-10-18(25)12-17(24)13-19-20(22)8-5-9-21(19)23/h2-9,15,17H,10-14H2,1H3. The van der Waals surface area contributed by atoms with Gasteiger partial charge in [-0.2, -0.15) is 0 Å². The highest BCUT2D eigenvalue weighted by Crippen LogP contribution is 2.30. The molecule has 0 aromatic heterocycles. The number of ketones is 1. The van der Waals surface area contributed by atoms with E-state index in [9.17, 15) is 4.79 Å². The average Bonchev–Trinajstić information content (AvgIpc) is 2.61. The lowest BCUT2D eigenvalue weighted by Crippen LogP contribution is -2.45. The van der Waals surface area contributed by atoms with Gasteiger partial charge in [-0.15, -0.1) is 0 Å². The summed E-state index contributed by atoms with van der Waals surface area (Å²) in [5, 5.41) is 1.36. The zero-order chi connectivity index (χ0) is 17.8. The van der Waals surface area contributed by atoms with Crippen LogP contribution in [0.5, 0.6) is 0 Å². The Labute approximate surface area is 159 Å². The molecule has 2 aromatic carbocycles. The number of halogens is 2. The predicted octanol–water partition coefficient (Wildman–Crippen LogP) is 5.37. The van der Waals surface area contributed by atoms with Crippen molar-refractivity contribution in [1.82, 2.24) is 4.90 Å². The summed E-state index contributed by atoms with van der Waals surface area (Å²) in [5.74, 6) is 0.746. The van der Waals surface area contributed by atoms with Crippen LogP contribution < -0.4 is 0 Å². The first-order chi connectivity index (χ1) is 12.0. The third-order valence-corrected chi connectivity index (χ3v) is 5.74. The minimum absolute atomic E-state index is 0.157. The summed E-state index contributed by atoms with van der Waals surface area (Å²) in [7, 11) is 0. The summed E-state index contributed by atoms with van der Waals surface area (Å²) in [4.78, 5) is 14.5. The molecular weight excluding hydrogens is 353 g/mol. The Balaban J connectivity index is 1.76. The van der Waals surface area contributed by atoms with Crippen LogP contribution in [0.4, 0.5) is 0 Å². The number of hydrogen-bond donors (Lipinski definition) is 0. The predicted molar refractivity (Wildman–Crippen MR) is 105 cm³/mol. The number of rotatable bonds is 5. The monoisotopic (exact) mass is 375 g/mol. The van der Waals surface area contributed by atoms with E-state index in [1.54, 1.807) is 0 Å². The van der Waals surface area contributed by atoms with Crippen molar-refractivity contribution < 1.29 is 4.79 Å². The number of benzene rings is 2. The summed E-state index contributed by atoms with van der Waals surface area (Å²) < 4.78 is 0. The number of hydrogen-bond acceptors (Lipinski definition) is 2. The van der Waals surface area contributed by atoms with Crippen molar-refractivity contribution >= 4 is 29.0 Å². The van der Waals surface area contributed by atoms with Crippen molar-refractivity contribution in [2.45, 2.75) is 38.1 Å². The number of piperidine rings is 1. The molecule has 1 aliphatic heterocycles. The van der Waals surface area contributed by atoms with E-state index in [-0.39, 0.29) is 6.04 Å². The molecule has 0 saturated carbocycles. The summed E-state index contributed by atoms with van der Waals surface area (Å²) in [6.07, 6.45) is 1.92. The summed E-state index contributed by atoms with van der Waals surface area (Å²) in [6, 6.07) is 16.3. The highest BCUT2D eigenvalue weighted by Gasteiger charge is 2.29. The van der Waals surface area contributed by atoms with Crippen LogP contribution in [0.3, 0.4) is 0 Å². The van der Waals surface area contributed by atoms with E-state index in [4.69, 9.17) is 23.2 Å². The summed E-state index contributed by atoms with van der Waals surface area (Å²) in [5.41, 5.74) is 2.27. The molecule has 0 spiro atoms. The van der Waals surface area contributed by atoms with Crippen LogP contribution in [0.1, 0.15) is 36.8 Å². The lowest BCUT2D eigenvalue weighted by atomic mass is 9.92. The fraction of sp³-hybridized carbons (Fsp3) is 0.381. The lowest BCUT2D eigenvalue weighted by Gasteiger charge is -2.37. The van der Waals surface area contributed by atoms with Gasteiger partial charge in [0.1, 0.15) is 5.78 Å². The maximum atomic E-state index is 12.0. The first-order valence-electron chi connectivity index (χ1n) is 8.78. The molecule has 0 radical (unpaired) electrons. The SMILES string of the molecule is CC(CN1CCC(=O)CC1Cc1c(Cl)cccc1Cl)c1ccccc1. The maximum absolute atomic E-state index is 12.0. The van der Waals surface area contributed by atoms with E-state index in [0.29, 0.717) is 41.0 Å². The summed E-state index contributed by atoms with van der Waals surface area (Å²) in [6.45, 7) is 3.98. The molecule has 0 aliphatic carbocycles. The van der Waals surface area contributed by atoms with Crippen LogP contribution in [0.25, 0.3) is 0 Å². The molecule has 4 heteroatoms. The van der Waals surface area contributed by atoms with E-state index in [1.165, 1.54) is 5.56 Å². The average molecular weight is 376 g/mol. The van der Waals surface area contributed by atoms with Gasteiger partial charge in [0.25, 0.3) is 0 Å². The molecule has 25 heavy (non-hydrogen) atoms. The van der Waals surface area contributed by atoms with Crippen LogP contribution in [-0.2, 0) is 11.2 Å². The topological polar surface area (TPSA) is 20.3 Å². The van der Waals surface area contributed by atoms with E-state index < -0.39 is 0 Å². The Hall–Kier alpha value is -1.35. The fourth-order valence-corrected chi connectivity index (χ4v) is 4.14. The molecule has 1 heterocycles. The fourth-order valence-electron chi connectivity index (χ4n) is 3.59. The van der Waals surface area contributed by atoms with Crippen molar-refractivity contribution in [3.8, 4) is 0 Å². The summed E-state index contributed by atoms with van der Waals surface area (Å²) >= 11 is 12.7. The largest absolute Gasteiger partial charge is 0.300 e. The molecule has 1 aliphatic rings. The molecule has 2 nitrogen and oxygen atoms in total. The molecule has 132 valence electrons. The van der Waals surface area contributed by atoms with Crippen molar-refractivity contribution in [1.29, 1.82) is 0 Å². The normalized spacial score (nSPS) is 19.8. The zero-order valence-corrected chi connectivity index (χ0v) is 15.9. The molecule has 1 saturated heterocycles. The van der Waals surface area contributed by atoms with Crippen molar-refractivity contribution in [2.24, 2.45) is 0 Å². The van der Waals surface area contributed by atoms with Gasteiger partial charge in [0.05, 0.1) is 0 Å². The first kappa shape index (κ1) is 18.4. The first-order valence-corrected chi connectivity index (χ1v) is 9.53. The molecule has 0 N–H and O–H groups in total. The number of carbonyl (C=O) groups excluding carboxylic acids is 1. The second kappa shape index (κ2) is 8.35. The molecular formula is C21H23Cl2NO. The Morgan fingerprint density at radius 2 is 1.76 bits per heavy atom. The van der Waals surface area contributed by atoms with Gasteiger partial charge in [0.15, 0.2) is 0 Å². The van der Waals surface area contributed by atoms with E-state index in [1.807, 2.05) is 24.3 Å². The Kier molecular flexibility index (Phi) is 6.16.